The molecule has 3 unspecified atom stereocenters. The number of hydrogen-bond acceptors (Lipinski definition) is 8. The van der Waals surface area contributed by atoms with E-state index in [1.165, 1.54) is 24.3 Å². The van der Waals surface area contributed by atoms with Crippen molar-refractivity contribution in [3.05, 3.63) is 53.6 Å². The Morgan fingerprint density at radius 1 is 1.11 bits per heavy atom. The molecule has 4 aromatic rings. The van der Waals surface area contributed by atoms with E-state index in [9.17, 15) is 18.7 Å². The van der Waals surface area contributed by atoms with Crippen LogP contribution in [0.5, 0.6) is 11.8 Å². The van der Waals surface area contributed by atoms with Gasteiger partial charge in [-0.3, -0.25) is 9.69 Å². The van der Waals surface area contributed by atoms with Gasteiger partial charge in [-0.15, -0.1) is 6.42 Å². The number of piperazine rings is 1. The molecular formula is C35H32F3N5O4. The quantitative estimate of drug-likeness (QED) is 0.320. The van der Waals surface area contributed by atoms with Gasteiger partial charge in [-0.1, -0.05) is 18.1 Å². The van der Waals surface area contributed by atoms with Crippen LogP contribution < -0.4 is 9.64 Å². The number of nitrogens with zero attached hydrogens (tertiary/aromatic N) is 5. The first-order chi connectivity index (χ1) is 22.7. The Labute approximate surface area is 268 Å². The minimum atomic E-state index is -0.946. The number of anilines is 1. The monoisotopic (exact) mass is 643 g/mol. The van der Waals surface area contributed by atoms with Gasteiger partial charge >= 0.3 is 6.01 Å². The zero-order valence-electron chi connectivity index (χ0n) is 25.5. The van der Waals surface area contributed by atoms with Crippen molar-refractivity contribution in [2.24, 2.45) is 0 Å². The summed E-state index contributed by atoms with van der Waals surface area (Å²) in [6, 6.07) is 8.47. The smallest absolute Gasteiger partial charge is 0.319 e. The first-order valence-electron chi connectivity index (χ1n) is 15.8. The van der Waals surface area contributed by atoms with E-state index in [4.69, 9.17) is 20.9 Å². The zero-order valence-corrected chi connectivity index (χ0v) is 25.5. The van der Waals surface area contributed by atoms with Gasteiger partial charge in [-0.2, -0.15) is 9.97 Å². The van der Waals surface area contributed by atoms with Crippen LogP contribution in [0.1, 0.15) is 24.8 Å². The van der Waals surface area contributed by atoms with Gasteiger partial charge < -0.3 is 24.4 Å². The van der Waals surface area contributed by atoms with Crippen molar-refractivity contribution in [1.29, 1.82) is 0 Å². The Morgan fingerprint density at radius 2 is 1.98 bits per heavy atom. The fourth-order valence-electron chi connectivity index (χ4n) is 7.95. The van der Waals surface area contributed by atoms with Crippen molar-refractivity contribution in [1.82, 2.24) is 19.8 Å². The minimum absolute atomic E-state index is 0.0355. The SMILES string of the molecule is C#Cc1c(F)ccc2cc(O)cc(-c3ccc4c(N5CCN6C(=O)COCC6C5)nc(OCC56CCCN5CC(F)C6)nc4c3F)c12. The van der Waals surface area contributed by atoms with E-state index in [2.05, 4.69) is 15.8 Å². The second-order valence-corrected chi connectivity index (χ2v) is 12.9. The summed E-state index contributed by atoms with van der Waals surface area (Å²) in [5, 5.41) is 11.7. The Kier molecular flexibility index (Phi) is 7.15. The van der Waals surface area contributed by atoms with E-state index >= 15 is 4.39 Å². The van der Waals surface area contributed by atoms with Crippen molar-refractivity contribution in [3.8, 4) is 35.2 Å². The third-order valence-electron chi connectivity index (χ3n) is 10.1. The number of terminal acetylenes is 1. The molecule has 0 saturated carbocycles. The molecule has 0 spiro atoms. The number of halogens is 3. The van der Waals surface area contributed by atoms with Crippen molar-refractivity contribution in [2.75, 3.05) is 57.4 Å². The number of phenolic OH excluding ortho intramolecular Hbond substituents is 1. The summed E-state index contributed by atoms with van der Waals surface area (Å²) in [5.74, 6) is 1.23. The molecule has 0 radical (unpaired) electrons. The van der Waals surface area contributed by atoms with Crippen LogP contribution in [0.3, 0.4) is 0 Å². The lowest BCUT2D eigenvalue weighted by molar-refractivity contribution is -0.148. The highest BCUT2D eigenvalue weighted by atomic mass is 19.1. The van der Waals surface area contributed by atoms with Crippen molar-refractivity contribution in [2.45, 2.75) is 37.0 Å². The van der Waals surface area contributed by atoms with Gasteiger partial charge in [0.25, 0.3) is 0 Å². The maximum Gasteiger partial charge on any atom is 0.319 e. The molecule has 3 atom stereocenters. The van der Waals surface area contributed by atoms with Crippen LogP contribution in [-0.4, -0.2) is 101 Å². The van der Waals surface area contributed by atoms with Crippen molar-refractivity contribution >= 4 is 33.4 Å². The summed E-state index contributed by atoms with van der Waals surface area (Å²) in [6.45, 7) is 3.01. The molecule has 4 aliphatic heterocycles. The average molecular weight is 644 g/mol. The molecule has 1 aromatic heterocycles. The highest BCUT2D eigenvalue weighted by Gasteiger charge is 2.49. The molecule has 1 N–H and O–H groups in total. The summed E-state index contributed by atoms with van der Waals surface area (Å²) in [7, 11) is 0. The molecule has 5 heterocycles. The van der Waals surface area contributed by atoms with Gasteiger partial charge in [0.2, 0.25) is 5.91 Å². The first-order valence-corrected chi connectivity index (χ1v) is 15.8. The number of ether oxygens (including phenoxy) is 2. The number of hydrogen-bond donors (Lipinski definition) is 1. The van der Waals surface area contributed by atoms with Gasteiger partial charge in [0.15, 0.2) is 5.82 Å². The molecule has 47 heavy (non-hydrogen) atoms. The number of amides is 1. The largest absolute Gasteiger partial charge is 0.508 e. The normalized spacial score (nSPS) is 24.5. The van der Waals surface area contributed by atoms with Crippen molar-refractivity contribution < 1.29 is 32.5 Å². The van der Waals surface area contributed by atoms with Crippen LogP contribution in [0, 0.1) is 24.0 Å². The maximum atomic E-state index is 16.9. The standard InChI is InChI=1S/C35H32F3N5O4/c1-2-24-28(37)7-4-20-12-23(44)13-27(30(20)24)25-5-6-26-32(31(25)38)39-34(47-19-35-8-3-9-42(35)15-21(36)14-35)40-33(26)41-10-11-43-22(16-41)17-46-18-29(43)45/h1,4-7,12-13,21-22,44H,3,8-11,14-19H2. The van der Waals surface area contributed by atoms with E-state index in [-0.39, 0.29) is 64.5 Å². The van der Waals surface area contributed by atoms with Gasteiger partial charge in [0.1, 0.15) is 42.3 Å². The van der Waals surface area contributed by atoms with Gasteiger partial charge in [-0.05, 0) is 54.6 Å². The van der Waals surface area contributed by atoms with Gasteiger partial charge in [-0.25, -0.2) is 13.2 Å². The number of carbonyl (C=O) groups excluding carboxylic acids is 1. The number of morpholine rings is 1. The molecular weight excluding hydrogens is 611 g/mol. The molecule has 4 fully saturated rings. The van der Waals surface area contributed by atoms with Crippen LogP contribution in [0.2, 0.25) is 0 Å². The number of fused-ring (bicyclic) bond motifs is 4. The molecule has 1 amide bonds. The summed E-state index contributed by atoms with van der Waals surface area (Å²) < 4.78 is 58.0. The summed E-state index contributed by atoms with van der Waals surface area (Å²) in [6.07, 6.45) is 6.81. The lowest BCUT2D eigenvalue weighted by atomic mass is 9.93. The number of aromatic hydroxyl groups is 1. The second-order valence-electron chi connectivity index (χ2n) is 12.9. The molecule has 0 aliphatic carbocycles. The molecule has 4 aliphatic rings. The van der Waals surface area contributed by atoms with Gasteiger partial charge in [0, 0.05) is 48.9 Å². The number of benzene rings is 3. The molecule has 242 valence electrons. The van der Waals surface area contributed by atoms with Gasteiger partial charge in [0.05, 0.1) is 23.8 Å². The fourth-order valence-corrected chi connectivity index (χ4v) is 7.95. The highest BCUT2D eigenvalue weighted by molar-refractivity contribution is 6.04. The molecule has 4 saturated heterocycles. The van der Waals surface area contributed by atoms with E-state index in [1.807, 2.05) is 4.90 Å². The zero-order chi connectivity index (χ0) is 32.4. The fraction of sp³-hybridized carbons (Fsp3) is 0.400. The predicted octanol–water partition coefficient (Wildman–Crippen LogP) is 4.42. The Bertz CT molecular complexity index is 1990. The average Bonchev–Trinajstić information content (AvgIpc) is 3.59. The van der Waals surface area contributed by atoms with Crippen LogP contribution in [-0.2, 0) is 9.53 Å². The Hall–Kier alpha value is -4.60. The molecule has 3 aromatic carbocycles. The second kappa shape index (κ2) is 11.3. The number of phenols is 1. The Morgan fingerprint density at radius 3 is 2.83 bits per heavy atom. The lowest BCUT2D eigenvalue weighted by Gasteiger charge is -2.44. The molecule has 8 rings (SSSR count). The van der Waals surface area contributed by atoms with Crippen LogP contribution in [0.25, 0.3) is 32.8 Å². The van der Waals surface area contributed by atoms with E-state index in [0.29, 0.717) is 55.8 Å². The maximum absolute atomic E-state index is 16.9. The van der Waals surface area contributed by atoms with Crippen LogP contribution >= 0.6 is 0 Å². The number of carbonyl (C=O) groups is 1. The first kappa shape index (κ1) is 29.8. The Balaban J connectivity index is 1.26. The molecule has 9 nitrogen and oxygen atoms in total. The van der Waals surface area contributed by atoms with Crippen LogP contribution in [0.15, 0.2) is 36.4 Å². The third kappa shape index (κ3) is 4.91. The number of rotatable bonds is 5. The topological polar surface area (TPSA) is 91.3 Å². The van der Waals surface area contributed by atoms with Crippen molar-refractivity contribution in [3.63, 3.8) is 0 Å². The van der Waals surface area contributed by atoms with E-state index in [0.717, 1.165) is 19.4 Å². The van der Waals surface area contributed by atoms with Crippen LogP contribution in [0.4, 0.5) is 19.0 Å². The molecule has 12 heteroatoms. The third-order valence-corrected chi connectivity index (χ3v) is 10.1. The predicted molar refractivity (Wildman–Crippen MR) is 169 cm³/mol. The number of alkyl halides is 1. The lowest BCUT2D eigenvalue weighted by Crippen LogP contribution is -2.60. The summed E-state index contributed by atoms with van der Waals surface area (Å²) in [5.41, 5.74) is -0.286. The molecule has 0 bridgehead atoms. The van der Waals surface area contributed by atoms with E-state index in [1.54, 1.807) is 17.0 Å². The number of aromatic nitrogens is 2. The van der Waals surface area contributed by atoms with E-state index < -0.39 is 23.3 Å². The minimum Gasteiger partial charge on any atom is -0.508 e. The summed E-state index contributed by atoms with van der Waals surface area (Å²) in [4.78, 5) is 27.7. The summed E-state index contributed by atoms with van der Waals surface area (Å²) >= 11 is 0. The highest BCUT2D eigenvalue weighted by Crippen LogP contribution is 2.42.